The second-order valence-corrected chi connectivity index (χ2v) is 11.2. The molecule has 6 aromatic carbocycles. The molecule has 0 heterocycles. The zero-order chi connectivity index (χ0) is 29.1. The molecule has 2 nitrogen and oxygen atoms in total. The van der Waals surface area contributed by atoms with Crippen LogP contribution in [0.3, 0.4) is 0 Å². The van der Waals surface area contributed by atoms with Crippen molar-refractivity contribution in [1.82, 2.24) is 0 Å². The fourth-order valence-corrected chi connectivity index (χ4v) is 5.85. The number of rotatable bonds is 6. The third-order valence-electron chi connectivity index (χ3n) is 6.93. The maximum absolute atomic E-state index is 6.39. The molecule has 0 radical (unpaired) electrons. The molecule has 0 aliphatic heterocycles. The monoisotopic (exact) mass is 626 g/mol. The highest BCUT2D eigenvalue weighted by molar-refractivity contribution is 6.36. The molecule has 0 aliphatic rings. The molecule has 0 N–H and O–H groups in total. The molecule has 0 fully saturated rings. The first kappa shape index (κ1) is 28.3. The van der Waals surface area contributed by atoms with Crippen LogP contribution in [-0.2, 0) is 13.2 Å². The molecule has 6 rings (SSSR count). The van der Waals surface area contributed by atoms with Gasteiger partial charge in [-0.05, 0) is 59.3 Å². The van der Waals surface area contributed by atoms with Crippen LogP contribution in [0.4, 0.5) is 0 Å². The van der Waals surface area contributed by atoms with Crippen LogP contribution in [0.5, 0.6) is 11.5 Å². The zero-order valence-electron chi connectivity index (χ0n) is 22.1. The summed E-state index contributed by atoms with van der Waals surface area (Å²) in [5.41, 5.74) is 3.16. The molecule has 0 saturated carbocycles. The van der Waals surface area contributed by atoms with Crippen molar-refractivity contribution in [3.05, 3.63) is 152 Å². The van der Waals surface area contributed by atoms with E-state index in [2.05, 4.69) is 11.8 Å². The Morgan fingerprint density at radius 1 is 0.429 bits per heavy atom. The van der Waals surface area contributed by atoms with Crippen molar-refractivity contribution in [2.24, 2.45) is 0 Å². The van der Waals surface area contributed by atoms with Crippen molar-refractivity contribution >= 4 is 67.9 Å². The Bertz CT molecular complexity index is 1810. The topological polar surface area (TPSA) is 18.5 Å². The minimum absolute atomic E-state index is 0.235. The Labute approximate surface area is 264 Å². The smallest absolute Gasteiger partial charge is 0.128 e. The summed E-state index contributed by atoms with van der Waals surface area (Å²) in [5.74, 6) is 8.20. The molecule has 0 bridgehead atoms. The average molecular weight is 628 g/mol. The van der Waals surface area contributed by atoms with Crippen molar-refractivity contribution < 1.29 is 9.47 Å². The van der Waals surface area contributed by atoms with Crippen LogP contribution in [0, 0.1) is 11.8 Å². The molecule has 0 amide bonds. The molecule has 206 valence electrons. The summed E-state index contributed by atoms with van der Waals surface area (Å²) in [4.78, 5) is 0. The number of hydrogen-bond acceptors (Lipinski definition) is 2. The van der Waals surface area contributed by atoms with Gasteiger partial charge in [-0.2, -0.15) is 0 Å². The van der Waals surface area contributed by atoms with Gasteiger partial charge in [0.1, 0.15) is 24.7 Å². The van der Waals surface area contributed by atoms with Crippen molar-refractivity contribution in [1.29, 1.82) is 0 Å². The molecule has 0 atom stereocenters. The molecule has 6 heteroatoms. The lowest BCUT2D eigenvalue weighted by atomic mass is 10.0. The molecule has 6 aromatic rings. The van der Waals surface area contributed by atoms with Gasteiger partial charge in [0, 0.05) is 53.1 Å². The van der Waals surface area contributed by atoms with Crippen LogP contribution >= 0.6 is 46.4 Å². The van der Waals surface area contributed by atoms with E-state index in [1.165, 1.54) is 0 Å². The maximum atomic E-state index is 6.39. The third-order valence-corrected chi connectivity index (χ3v) is 8.35. The number of benzene rings is 6. The maximum Gasteiger partial charge on any atom is 0.128 e. The number of hydrogen-bond donors (Lipinski definition) is 0. The minimum Gasteiger partial charge on any atom is -0.488 e. The van der Waals surface area contributed by atoms with Gasteiger partial charge in [0.2, 0.25) is 0 Å². The van der Waals surface area contributed by atoms with Crippen LogP contribution in [0.15, 0.2) is 109 Å². The lowest BCUT2D eigenvalue weighted by Gasteiger charge is -2.13. The van der Waals surface area contributed by atoms with E-state index in [0.29, 0.717) is 31.6 Å². The summed E-state index contributed by atoms with van der Waals surface area (Å²) in [7, 11) is 0. The van der Waals surface area contributed by atoms with Gasteiger partial charge in [-0.15, -0.1) is 0 Å². The Morgan fingerprint density at radius 3 is 1.14 bits per heavy atom. The Balaban J connectivity index is 1.37. The predicted octanol–water partition coefficient (Wildman–Crippen LogP) is 11.2. The van der Waals surface area contributed by atoms with Crippen LogP contribution in [0.1, 0.15) is 22.3 Å². The molecule has 42 heavy (non-hydrogen) atoms. The Kier molecular flexibility index (Phi) is 8.47. The average Bonchev–Trinajstić information content (AvgIpc) is 2.99. The predicted molar refractivity (Wildman–Crippen MR) is 175 cm³/mol. The van der Waals surface area contributed by atoms with E-state index in [4.69, 9.17) is 55.9 Å². The zero-order valence-corrected chi connectivity index (χ0v) is 25.2. The quantitative estimate of drug-likeness (QED) is 0.171. The third kappa shape index (κ3) is 5.88. The van der Waals surface area contributed by atoms with Gasteiger partial charge in [-0.1, -0.05) is 119 Å². The highest BCUT2D eigenvalue weighted by atomic mass is 35.5. The second kappa shape index (κ2) is 12.6. The van der Waals surface area contributed by atoms with E-state index >= 15 is 0 Å². The fourth-order valence-electron chi connectivity index (χ4n) is 4.84. The van der Waals surface area contributed by atoms with Gasteiger partial charge in [-0.3, -0.25) is 0 Å². The Morgan fingerprint density at radius 2 is 0.762 bits per heavy atom. The van der Waals surface area contributed by atoms with E-state index in [1.807, 2.05) is 84.9 Å². The van der Waals surface area contributed by atoms with Crippen LogP contribution < -0.4 is 9.47 Å². The SMILES string of the molecule is Clc1cccc(Cl)c1COc1cccc2cccc(C#Cc3cccc4cccc(OCc5c(Cl)cccc5Cl)c34)c12. The minimum atomic E-state index is 0.235. The number of ether oxygens (including phenoxy) is 2. The fraction of sp³-hybridized carbons (Fsp3) is 0.0556. The molecular weight excluding hydrogens is 606 g/mol. The van der Waals surface area contributed by atoms with Gasteiger partial charge in [0.15, 0.2) is 0 Å². The van der Waals surface area contributed by atoms with E-state index in [0.717, 1.165) is 43.8 Å². The summed E-state index contributed by atoms with van der Waals surface area (Å²) >= 11 is 25.5. The molecular formula is C36H22Cl4O2. The van der Waals surface area contributed by atoms with E-state index in [1.54, 1.807) is 24.3 Å². The van der Waals surface area contributed by atoms with Crippen molar-refractivity contribution in [3.63, 3.8) is 0 Å². The van der Waals surface area contributed by atoms with Crippen molar-refractivity contribution in [2.45, 2.75) is 13.2 Å². The molecule has 0 saturated heterocycles. The largest absolute Gasteiger partial charge is 0.488 e. The second-order valence-electron chi connectivity index (χ2n) is 9.55. The first-order valence-corrected chi connectivity index (χ1v) is 14.7. The van der Waals surface area contributed by atoms with Gasteiger partial charge in [0.05, 0.1) is 0 Å². The van der Waals surface area contributed by atoms with E-state index in [9.17, 15) is 0 Å². The normalized spacial score (nSPS) is 10.9. The summed E-state index contributed by atoms with van der Waals surface area (Å²) in [6.45, 7) is 0.470. The van der Waals surface area contributed by atoms with Crippen LogP contribution in [0.25, 0.3) is 21.5 Å². The summed E-state index contributed by atoms with van der Waals surface area (Å²) < 4.78 is 12.5. The number of halogens is 4. The first-order valence-electron chi connectivity index (χ1n) is 13.2. The Hall–Kier alpha value is -3.84. The molecule has 0 aliphatic carbocycles. The highest BCUT2D eigenvalue weighted by Crippen LogP contribution is 2.34. The van der Waals surface area contributed by atoms with Gasteiger partial charge in [0.25, 0.3) is 0 Å². The summed E-state index contributed by atoms with van der Waals surface area (Å²) in [5, 5.41) is 6.12. The summed E-state index contributed by atoms with van der Waals surface area (Å²) in [6, 6.07) is 34.8. The molecule has 0 spiro atoms. The lowest BCUT2D eigenvalue weighted by molar-refractivity contribution is 0.310. The number of fused-ring (bicyclic) bond motifs is 2. The lowest BCUT2D eigenvalue weighted by Crippen LogP contribution is -1.99. The first-order chi connectivity index (χ1) is 20.5. The molecule has 0 unspecified atom stereocenters. The van der Waals surface area contributed by atoms with Crippen LogP contribution in [0.2, 0.25) is 20.1 Å². The van der Waals surface area contributed by atoms with Crippen molar-refractivity contribution in [2.75, 3.05) is 0 Å². The van der Waals surface area contributed by atoms with Crippen LogP contribution in [-0.4, -0.2) is 0 Å². The van der Waals surface area contributed by atoms with Crippen molar-refractivity contribution in [3.8, 4) is 23.3 Å². The molecule has 0 aromatic heterocycles. The standard InChI is InChI=1S/C36H22Cl4O2/c37-29-13-5-14-30(38)27(29)21-41-33-17-3-11-23-7-1-9-25(35(23)33)19-20-26-10-2-8-24-12-4-18-34(36(24)26)42-22-28-31(39)15-6-16-32(28)40/h1-18H,21-22H2. The van der Waals surface area contributed by atoms with Gasteiger partial charge >= 0.3 is 0 Å². The van der Waals surface area contributed by atoms with E-state index < -0.39 is 0 Å². The highest BCUT2D eigenvalue weighted by Gasteiger charge is 2.12. The van der Waals surface area contributed by atoms with Gasteiger partial charge < -0.3 is 9.47 Å². The summed E-state index contributed by atoms with van der Waals surface area (Å²) in [6.07, 6.45) is 0. The van der Waals surface area contributed by atoms with Gasteiger partial charge in [-0.25, -0.2) is 0 Å². The van der Waals surface area contributed by atoms with E-state index in [-0.39, 0.29) is 13.2 Å².